The lowest BCUT2D eigenvalue weighted by Crippen LogP contribution is -2.41. The van der Waals surface area contributed by atoms with Gasteiger partial charge in [0.05, 0.1) is 11.6 Å². The molecule has 0 saturated carbocycles. The van der Waals surface area contributed by atoms with Crippen LogP contribution in [-0.4, -0.2) is 29.3 Å². The number of halogens is 1. The van der Waals surface area contributed by atoms with Gasteiger partial charge in [-0.2, -0.15) is 0 Å². The van der Waals surface area contributed by atoms with E-state index in [1.54, 1.807) is 6.07 Å². The minimum atomic E-state index is -0.914. The second kappa shape index (κ2) is 5.20. The second-order valence-electron chi connectivity index (χ2n) is 5.37. The Morgan fingerprint density at radius 3 is 2.80 bits per heavy atom. The number of nitrogens with zero attached hydrogens (tertiary/aromatic N) is 1. The molecule has 1 aromatic carbocycles. The molecule has 0 bridgehead atoms. The van der Waals surface area contributed by atoms with Gasteiger partial charge in [-0.1, -0.05) is 12.1 Å². The molecule has 20 heavy (non-hydrogen) atoms. The fourth-order valence-electron chi connectivity index (χ4n) is 2.95. The Morgan fingerprint density at radius 1 is 1.40 bits per heavy atom. The molecule has 1 N–H and O–H groups in total. The zero-order chi connectivity index (χ0) is 13.6. The Labute approximate surface area is 123 Å². The van der Waals surface area contributed by atoms with Gasteiger partial charge in [-0.3, -0.25) is 9.69 Å². The van der Waals surface area contributed by atoms with Crippen LogP contribution in [-0.2, 0) is 0 Å². The summed E-state index contributed by atoms with van der Waals surface area (Å²) in [5, 5.41) is 11.2. The lowest BCUT2D eigenvalue weighted by molar-refractivity contribution is -0.0623. The van der Waals surface area contributed by atoms with Crippen molar-refractivity contribution in [3.05, 3.63) is 46.3 Å². The lowest BCUT2D eigenvalue weighted by atomic mass is 9.88. The maximum atomic E-state index is 11.8. The van der Waals surface area contributed by atoms with Crippen LogP contribution in [0, 0.1) is 0 Å². The number of hydrogen-bond donors (Lipinski definition) is 1. The highest BCUT2D eigenvalue weighted by molar-refractivity contribution is 5.85. The third kappa shape index (κ3) is 2.14. The van der Waals surface area contributed by atoms with Gasteiger partial charge in [0.15, 0.2) is 5.43 Å². The molecule has 4 nitrogen and oxygen atoms in total. The molecular formula is C15H18ClNO3. The minimum absolute atomic E-state index is 0. The topological polar surface area (TPSA) is 53.7 Å². The van der Waals surface area contributed by atoms with Gasteiger partial charge in [-0.05, 0) is 26.5 Å². The van der Waals surface area contributed by atoms with E-state index in [0.717, 1.165) is 18.5 Å². The number of benzene rings is 1. The van der Waals surface area contributed by atoms with Gasteiger partial charge in [0.25, 0.3) is 0 Å². The van der Waals surface area contributed by atoms with Crippen LogP contribution in [0.1, 0.15) is 24.8 Å². The fraction of sp³-hybridized carbons (Fsp3) is 0.400. The van der Waals surface area contributed by atoms with Crippen LogP contribution in [0.4, 0.5) is 0 Å². The Hall–Kier alpha value is -1.36. The lowest BCUT2D eigenvalue weighted by Gasteiger charge is -2.32. The average Bonchev–Trinajstić information content (AvgIpc) is 2.64. The van der Waals surface area contributed by atoms with Gasteiger partial charge in [0, 0.05) is 24.1 Å². The van der Waals surface area contributed by atoms with Gasteiger partial charge >= 0.3 is 0 Å². The predicted octanol–water partition coefficient (Wildman–Crippen LogP) is 2.34. The van der Waals surface area contributed by atoms with Crippen molar-refractivity contribution in [2.75, 3.05) is 13.6 Å². The number of likely N-dealkylation sites (tertiary alicyclic amines) is 1. The highest BCUT2D eigenvalue weighted by Crippen LogP contribution is 2.41. The van der Waals surface area contributed by atoms with Crippen LogP contribution in [0.3, 0.4) is 0 Å². The van der Waals surface area contributed by atoms with Crippen molar-refractivity contribution >= 4 is 23.4 Å². The quantitative estimate of drug-likeness (QED) is 0.877. The Morgan fingerprint density at radius 2 is 2.15 bits per heavy atom. The van der Waals surface area contributed by atoms with Crippen molar-refractivity contribution < 1.29 is 9.52 Å². The Bertz CT molecular complexity index is 680. The summed E-state index contributed by atoms with van der Waals surface area (Å²) < 4.78 is 5.53. The molecule has 2 heterocycles. The number of fused-ring (bicyclic) bond motifs is 1. The van der Waals surface area contributed by atoms with E-state index in [1.807, 2.05) is 31.0 Å². The second-order valence-corrected chi connectivity index (χ2v) is 5.37. The van der Waals surface area contributed by atoms with Crippen LogP contribution < -0.4 is 5.43 Å². The summed E-state index contributed by atoms with van der Waals surface area (Å²) in [5.41, 5.74) is 0.539. The van der Waals surface area contributed by atoms with Crippen LogP contribution in [0.15, 0.2) is 39.7 Å². The van der Waals surface area contributed by atoms with Gasteiger partial charge < -0.3 is 9.52 Å². The largest absolute Gasteiger partial charge is 0.464 e. The first-order chi connectivity index (χ1) is 9.01. The highest BCUT2D eigenvalue weighted by atomic mass is 35.5. The third-order valence-corrected chi connectivity index (χ3v) is 4.28. The Kier molecular flexibility index (Phi) is 3.91. The third-order valence-electron chi connectivity index (χ3n) is 4.28. The fourth-order valence-corrected chi connectivity index (χ4v) is 2.95. The molecule has 1 aromatic heterocycles. The zero-order valence-corrected chi connectivity index (χ0v) is 12.3. The van der Waals surface area contributed by atoms with Crippen molar-refractivity contribution in [1.29, 1.82) is 0 Å². The van der Waals surface area contributed by atoms with E-state index in [0.29, 0.717) is 11.0 Å². The highest BCUT2D eigenvalue weighted by Gasteiger charge is 2.43. The van der Waals surface area contributed by atoms with Gasteiger partial charge in [0.2, 0.25) is 0 Å². The van der Waals surface area contributed by atoms with E-state index in [9.17, 15) is 9.90 Å². The van der Waals surface area contributed by atoms with E-state index in [-0.39, 0.29) is 23.8 Å². The van der Waals surface area contributed by atoms with Crippen LogP contribution >= 0.6 is 12.4 Å². The summed E-state index contributed by atoms with van der Waals surface area (Å²) in [7, 11) is 1.90. The summed E-state index contributed by atoms with van der Waals surface area (Å²) in [6, 6.07) is 6.97. The molecule has 2 aromatic rings. The first-order valence-corrected chi connectivity index (χ1v) is 6.46. The molecule has 3 rings (SSSR count). The van der Waals surface area contributed by atoms with Crippen molar-refractivity contribution in [2.45, 2.75) is 25.0 Å². The van der Waals surface area contributed by atoms with Crippen LogP contribution in [0.25, 0.3) is 11.0 Å². The van der Waals surface area contributed by atoms with E-state index in [1.165, 1.54) is 12.3 Å². The molecule has 0 amide bonds. The van der Waals surface area contributed by atoms with Crippen molar-refractivity contribution in [1.82, 2.24) is 4.90 Å². The van der Waals surface area contributed by atoms with Crippen LogP contribution in [0.5, 0.6) is 0 Å². The predicted molar refractivity (Wildman–Crippen MR) is 80.3 cm³/mol. The molecule has 1 fully saturated rings. The molecule has 1 saturated heterocycles. The first-order valence-electron chi connectivity index (χ1n) is 6.46. The monoisotopic (exact) mass is 295 g/mol. The Balaban J connectivity index is 0.00000147. The van der Waals surface area contributed by atoms with Crippen molar-refractivity contribution in [3.63, 3.8) is 0 Å². The van der Waals surface area contributed by atoms with E-state index in [4.69, 9.17) is 4.42 Å². The molecule has 5 heteroatoms. The molecule has 1 aliphatic rings. The summed E-state index contributed by atoms with van der Waals surface area (Å²) in [6.45, 7) is 2.63. The number of para-hydroxylation sites is 1. The van der Waals surface area contributed by atoms with E-state index < -0.39 is 5.72 Å². The van der Waals surface area contributed by atoms with Gasteiger partial charge in [-0.25, -0.2) is 0 Å². The maximum Gasteiger partial charge on any atom is 0.192 e. The van der Waals surface area contributed by atoms with E-state index >= 15 is 0 Å². The molecule has 0 spiro atoms. The summed E-state index contributed by atoms with van der Waals surface area (Å²) >= 11 is 0. The summed E-state index contributed by atoms with van der Waals surface area (Å²) in [5.74, 6) is -0.0493. The molecule has 108 valence electrons. The molecule has 0 radical (unpaired) electrons. The minimum Gasteiger partial charge on any atom is -0.464 e. The molecule has 0 aliphatic carbocycles. The smallest absolute Gasteiger partial charge is 0.192 e. The number of rotatable bonds is 1. The number of hydrogen-bond acceptors (Lipinski definition) is 4. The van der Waals surface area contributed by atoms with E-state index in [2.05, 4.69) is 0 Å². The SMILES string of the molecule is CN1CCC(c2cccc3c(=O)ccoc23)C1(C)O.Cl. The number of aliphatic hydroxyl groups is 1. The number of likely N-dealkylation sites (N-methyl/N-ethyl adjacent to an activating group) is 1. The van der Waals surface area contributed by atoms with Crippen molar-refractivity contribution in [3.8, 4) is 0 Å². The molecule has 2 atom stereocenters. The molecular weight excluding hydrogens is 278 g/mol. The molecule has 1 aliphatic heterocycles. The average molecular weight is 296 g/mol. The first kappa shape index (κ1) is 15.0. The summed E-state index contributed by atoms with van der Waals surface area (Å²) in [6.07, 6.45) is 2.27. The van der Waals surface area contributed by atoms with Gasteiger partial charge in [0.1, 0.15) is 11.3 Å². The van der Waals surface area contributed by atoms with Crippen LogP contribution in [0.2, 0.25) is 0 Å². The molecule has 2 unspecified atom stereocenters. The zero-order valence-electron chi connectivity index (χ0n) is 11.5. The van der Waals surface area contributed by atoms with Gasteiger partial charge in [-0.15, -0.1) is 12.4 Å². The van der Waals surface area contributed by atoms with Crippen molar-refractivity contribution in [2.24, 2.45) is 0 Å². The normalized spacial score (nSPS) is 26.6. The standard InChI is InChI=1S/C15H17NO3.ClH/c1-15(18)12(6-8-16(15)2)10-4-3-5-11-13(17)7-9-19-14(10)11;/h3-5,7,9,12,18H,6,8H2,1-2H3;1H. The maximum absolute atomic E-state index is 11.8. The summed E-state index contributed by atoms with van der Waals surface area (Å²) in [4.78, 5) is 13.8.